The number of ether oxygens (including phenoxy) is 3. The first-order valence-electron chi connectivity index (χ1n) is 20.1. The van der Waals surface area contributed by atoms with Crippen molar-refractivity contribution in [3.63, 3.8) is 0 Å². The molecule has 2 aromatic rings. The van der Waals surface area contributed by atoms with E-state index in [9.17, 15) is 40.8 Å². The smallest absolute Gasteiger partial charge is 0.483 e. The highest BCUT2D eigenvalue weighted by molar-refractivity contribution is 7.91. The molecule has 7 rings (SSSR count). The number of pyridine rings is 1. The molecule has 1 spiro atoms. The number of aryl methyl sites for hydroxylation is 1. The number of allylic oxidation sites excluding steroid dienone is 1. The van der Waals surface area contributed by atoms with Gasteiger partial charge in [0.1, 0.15) is 28.5 Å². The molecule has 2 N–H and O–H groups in total. The summed E-state index contributed by atoms with van der Waals surface area (Å²) < 4.78 is 116. The first-order valence-corrected chi connectivity index (χ1v) is 21.6. The lowest BCUT2D eigenvalue weighted by Gasteiger charge is -2.40. The number of benzene rings is 1. The zero-order valence-corrected chi connectivity index (χ0v) is 34.8. The van der Waals surface area contributed by atoms with Gasteiger partial charge in [-0.1, -0.05) is 25.0 Å². The van der Waals surface area contributed by atoms with Gasteiger partial charge in [0.2, 0.25) is 21.8 Å². The van der Waals surface area contributed by atoms with Crippen LogP contribution in [0.4, 0.5) is 22.0 Å². The Balaban J connectivity index is 1.28. The standard InChI is InChI=1S/C41H49F5N4O9S/c1-23-32-31(27-18-26(57-41(44,45)46)13-14-28(27)47-23)40(42,43)21-38(59-32)20-29-33(52)48-39(35(54)49-60(55,56)37(5)15-16-37)19-25(39)12-10-8-6-7-9-11-24(34(53)50(29)22-38)17-30(51)58-36(2,3)4/h10,12-14,18,24-25,29H,6-9,11,15-17,19-22H2,1-5H3,(H,48,52)(H,49,54)/b12-10-/t24-,25-,29+,38+,39-/m1/s1. The number of rotatable bonds is 6. The maximum Gasteiger partial charge on any atom is 0.573 e. The number of carbonyl (C=O) groups is 4. The molecule has 13 nitrogen and oxygen atoms in total. The molecule has 3 fully saturated rings. The second-order valence-electron chi connectivity index (χ2n) is 18.2. The van der Waals surface area contributed by atoms with Gasteiger partial charge in [0.25, 0.3) is 11.8 Å². The highest BCUT2D eigenvalue weighted by atomic mass is 32.2. The Morgan fingerprint density at radius 1 is 1.08 bits per heavy atom. The highest BCUT2D eigenvalue weighted by Gasteiger charge is 2.65. The lowest BCUT2D eigenvalue weighted by atomic mass is 9.84. The number of sulfonamides is 1. The van der Waals surface area contributed by atoms with Crippen molar-refractivity contribution >= 4 is 44.6 Å². The highest BCUT2D eigenvalue weighted by Crippen LogP contribution is 2.55. The van der Waals surface area contributed by atoms with E-state index in [1.165, 1.54) is 13.8 Å². The van der Waals surface area contributed by atoms with Gasteiger partial charge in [-0.2, -0.15) is 0 Å². The maximum absolute atomic E-state index is 16.8. The number of amides is 3. The molecule has 1 saturated heterocycles. The molecule has 19 heteroatoms. The van der Waals surface area contributed by atoms with Crippen LogP contribution in [0.3, 0.4) is 0 Å². The number of carbonyl (C=O) groups excluding carboxylic acids is 4. The molecule has 2 saturated carbocycles. The predicted octanol–water partition coefficient (Wildman–Crippen LogP) is 6.40. The van der Waals surface area contributed by atoms with E-state index in [-0.39, 0.29) is 35.9 Å². The Morgan fingerprint density at radius 3 is 2.47 bits per heavy atom. The molecular weight excluding hydrogens is 820 g/mol. The van der Waals surface area contributed by atoms with Crippen molar-refractivity contribution in [3.05, 3.63) is 41.6 Å². The van der Waals surface area contributed by atoms with Crippen LogP contribution in [0, 0.1) is 18.8 Å². The van der Waals surface area contributed by atoms with Gasteiger partial charge in [-0.3, -0.25) is 23.9 Å². The summed E-state index contributed by atoms with van der Waals surface area (Å²) in [6.45, 7) is 7.30. The molecule has 5 aliphatic rings. The number of alkyl halides is 5. The van der Waals surface area contributed by atoms with Crippen LogP contribution in [0.2, 0.25) is 0 Å². The van der Waals surface area contributed by atoms with Crippen LogP contribution in [-0.2, 0) is 39.9 Å². The van der Waals surface area contributed by atoms with Gasteiger partial charge in [-0.25, -0.2) is 22.2 Å². The fourth-order valence-corrected chi connectivity index (χ4v) is 9.99. The van der Waals surface area contributed by atoms with Crippen molar-refractivity contribution in [1.29, 1.82) is 0 Å². The average Bonchev–Trinajstić information content (AvgIpc) is 4.00. The Kier molecular flexibility index (Phi) is 10.8. The Labute approximate surface area is 344 Å². The van der Waals surface area contributed by atoms with Crippen LogP contribution in [0.1, 0.15) is 110 Å². The molecule has 60 heavy (non-hydrogen) atoms. The van der Waals surface area contributed by atoms with Crippen molar-refractivity contribution in [2.24, 2.45) is 11.8 Å². The van der Waals surface area contributed by atoms with Crippen molar-refractivity contribution in [2.45, 2.75) is 145 Å². The summed E-state index contributed by atoms with van der Waals surface area (Å²) >= 11 is 0. The van der Waals surface area contributed by atoms with E-state index in [1.54, 1.807) is 26.8 Å². The Bertz CT molecular complexity index is 2260. The summed E-state index contributed by atoms with van der Waals surface area (Å²) in [5, 5.41) is 2.36. The van der Waals surface area contributed by atoms with E-state index >= 15 is 8.78 Å². The third-order valence-corrected chi connectivity index (χ3v) is 14.3. The third-order valence-electron chi connectivity index (χ3n) is 12.1. The van der Waals surface area contributed by atoms with Crippen molar-refractivity contribution in [1.82, 2.24) is 19.9 Å². The van der Waals surface area contributed by atoms with E-state index in [2.05, 4.69) is 19.8 Å². The first-order chi connectivity index (χ1) is 27.8. The van der Waals surface area contributed by atoms with E-state index in [0.717, 1.165) is 23.1 Å². The van der Waals surface area contributed by atoms with E-state index in [0.29, 0.717) is 38.5 Å². The third kappa shape index (κ3) is 8.64. The molecule has 2 aliphatic carbocycles. The van der Waals surface area contributed by atoms with Crippen molar-refractivity contribution in [2.75, 3.05) is 6.54 Å². The monoisotopic (exact) mass is 868 g/mol. The van der Waals surface area contributed by atoms with Gasteiger partial charge in [0, 0.05) is 23.6 Å². The van der Waals surface area contributed by atoms with Gasteiger partial charge in [0.05, 0.1) is 40.9 Å². The quantitative estimate of drug-likeness (QED) is 0.188. The second kappa shape index (κ2) is 14.8. The molecular formula is C41H49F5N4O9S. The van der Waals surface area contributed by atoms with Gasteiger partial charge >= 0.3 is 12.3 Å². The first kappa shape index (κ1) is 43.5. The Morgan fingerprint density at radius 2 is 1.80 bits per heavy atom. The summed E-state index contributed by atoms with van der Waals surface area (Å²) in [6.07, 6.45) is -0.241. The summed E-state index contributed by atoms with van der Waals surface area (Å²) in [6, 6.07) is 1.32. The minimum atomic E-state index is -5.11. The number of esters is 1. The number of aromatic nitrogens is 1. The molecule has 0 unspecified atom stereocenters. The Hall–Kier alpha value is -4.55. The molecule has 3 aliphatic heterocycles. The molecule has 328 valence electrons. The fourth-order valence-electron chi connectivity index (χ4n) is 8.68. The van der Waals surface area contributed by atoms with E-state index < -0.39 is 122 Å². The fraction of sp³-hybridized carbons (Fsp3) is 0.634. The largest absolute Gasteiger partial charge is 0.573 e. The lowest BCUT2D eigenvalue weighted by molar-refractivity contribution is -0.274. The number of nitrogens with zero attached hydrogens (tertiary/aromatic N) is 2. The van der Waals surface area contributed by atoms with Crippen LogP contribution >= 0.6 is 0 Å². The predicted molar refractivity (Wildman–Crippen MR) is 205 cm³/mol. The zero-order chi connectivity index (χ0) is 43.8. The number of halogens is 5. The van der Waals surface area contributed by atoms with Gasteiger partial charge < -0.3 is 24.4 Å². The van der Waals surface area contributed by atoms with Gasteiger partial charge in [-0.05, 0) is 91.3 Å². The van der Waals surface area contributed by atoms with Crippen molar-refractivity contribution in [3.8, 4) is 11.5 Å². The molecule has 0 bridgehead atoms. The lowest BCUT2D eigenvalue weighted by Crippen LogP contribution is -2.57. The van der Waals surface area contributed by atoms with Crippen LogP contribution in [-0.4, -0.2) is 82.4 Å². The molecule has 1 aromatic heterocycles. The number of hydrogen-bond donors (Lipinski definition) is 2. The molecule has 4 heterocycles. The van der Waals surface area contributed by atoms with Crippen LogP contribution in [0.5, 0.6) is 11.5 Å². The van der Waals surface area contributed by atoms with Crippen LogP contribution in [0.15, 0.2) is 30.4 Å². The van der Waals surface area contributed by atoms with Gasteiger partial charge in [-0.15, -0.1) is 13.2 Å². The minimum Gasteiger partial charge on any atom is -0.483 e. The minimum absolute atomic E-state index is 0.0281. The van der Waals surface area contributed by atoms with E-state index in [1.807, 2.05) is 6.08 Å². The van der Waals surface area contributed by atoms with Crippen LogP contribution < -0.4 is 19.5 Å². The second-order valence-corrected chi connectivity index (χ2v) is 20.4. The zero-order valence-electron chi connectivity index (χ0n) is 34.0. The average molecular weight is 869 g/mol. The normalized spacial score (nSPS) is 29.4. The number of fused-ring (bicyclic) bond motifs is 5. The topological polar surface area (TPSA) is 170 Å². The molecule has 0 radical (unpaired) electrons. The molecule has 5 atom stereocenters. The SMILES string of the molecule is Cc1nc2ccc(OC(F)(F)F)cc2c2c1O[C@@]1(C[C@H]3C(=O)N[C@]4(C(=O)NS(=O)(=O)C5(C)CC5)C[C@H]4/C=C\CCCCC[C@H](CC(=O)OC(C)(C)C)C(=O)N3C1)CC2(F)F. The summed E-state index contributed by atoms with van der Waals surface area (Å²) in [5.41, 5.74) is -5.42. The summed E-state index contributed by atoms with van der Waals surface area (Å²) in [5.74, 6) is -9.96. The summed E-state index contributed by atoms with van der Waals surface area (Å²) in [4.78, 5) is 61.9. The molecule has 1 aromatic carbocycles. The number of hydrogen-bond acceptors (Lipinski definition) is 10. The van der Waals surface area contributed by atoms with Crippen molar-refractivity contribution < 1.29 is 63.8 Å². The molecule has 3 amide bonds. The number of nitrogens with one attached hydrogen (secondary N) is 2. The maximum atomic E-state index is 16.8. The van der Waals surface area contributed by atoms with Crippen LogP contribution in [0.25, 0.3) is 10.9 Å². The summed E-state index contributed by atoms with van der Waals surface area (Å²) in [7, 11) is -4.14. The van der Waals surface area contributed by atoms with E-state index in [4.69, 9.17) is 9.47 Å². The van der Waals surface area contributed by atoms with Gasteiger partial charge in [0.15, 0.2) is 5.75 Å².